The van der Waals surface area contributed by atoms with E-state index >= 15 is 0 Å². The molecule has 0 aliphatic rings. The van der Waals surface area contributed by atoms with E-state index in [4.69, 9.17) is 4.74 Å². The minimum atomic E-state index is -5.82. The van der Waals surface area contributed by atoms with Gasteiger partial charge >= 0.3 is 352 Å². The summed E-state index contributed by atoms with van der Waals surface area (Å²) in [6.45, 7) is 34.7. The summed E-state index contributed by atoms with van der Waals surface area (Å²) in [5, 5.41) is 0.393. The van der Waals surface area contributed by atoms with Gasteiger partial charge in [0.1, 0.15) is 0 Å². The first-order valence-electron chi connectivity index (χ1n) is 20.2. The van der Waals surface area contributed by atoms with Crippen molar-refractivity contribution in [2.45, 2.75) is 139 Å². The topological polar surface area (TPSA) is 69.9 Å². The van der Waals surface area contributed by atoms with Crippen molar-refractivity contribution in [3.63, 3.8) is 0 Å². The number of benzene rings is 5. The van der Waals surface area contributed by atoms with Crippen LogP contribution in [0.4, 0.5) is 0 Å². The zero-order valence-corrected chi connectivity index (χ0v) is 40.0. The van der Waals surface area contributed by atoms with E-state index in [-0.39, 0.29) is 36.4 Å². The molecule has 0 bridgehead atoms. The van der Waals surface area contributed by atoms with Crippen LogP contribution in [0.5, 0.6) is 5.75 Å². The van der Waals surface area contributed by atoms with E-state index in [2.05, 4.69) is 153 Å². The molecule has 0 amide bonds. The van der Waals surface area contributed by atoms with Crippen LogP contribution in [0.25, 0.3) is 11.1 Å². The van der Waals surface area contributed by atoms with Gasteiger partial charge in [0.15, 0.2) is 0 Å². The summed E-state index contributed by atoms with van der Waals surface area (Å²) in [5.41, 5.74) is 9.78. The van der Waals surface area contributed by atoms with Crippen molar-refractivity contribution in [2.75, 3.05) is 0 Å². The number of hydrogen-bond acceptors (Lipinski definition) is 4. The second-order valence-corrected chi connectivity index (χ2v) is 25.5. The number of ether oxygens (including phenoxy) is 1. The third kappa shape index (κ3) is 9.47. The maximum absolute atomic E-state index is 13.0. The van der Waals surface area contributed by atoms with E-state index < -0.39 is 18.1 Å². The third-order valence-electron chi connectivity index (χ3n) is 10.8. The van der Waals surface area contributed by atoms with Crippen LogP contribution in [0.2, 0.25) is 0 Å². The minimum absolute atomic E-state index is 0.170. The third-order valence-corrected chi connectivity index (χ3v) is 15.6. The molecule has 5 aromatic carbocycles. The van der Waals surface area contributed by atoms with Gasteiger partial charge in [-0.05, 0) is 0 Å². The summed E-state index contributed by atoms with van der Waals surface area (Å²) in [5.74, 6) is 0.912. The maximum atomic E-state index is 13.0. The van der Waals surface area contributed by atoms with Crippen molar-refractivity contribution in [3.05, 3.63) is 135 Å². The van der Waals surface area contributed by atoms with Gasteiger partial charge in [0.05, 0.1) is 0 Å². The summed E-state index contributed by atoms with van der Waals surface area (Å²) in [6, 6.07) is 28.9. The van der Waals surface area contributed by atoms with Crippen molar-refractivity contribution in [3.8, 4) is 16.9 Å². The van der Waals surface area contributed by atoms with Gasteiger partial charge in [-0.15, -0.1) is 0 Å². The van der Waals surface area contributed by atoms with Crippen LogP contribution < -0.4 is 24.3 Å². The van der Waals surface area contributed by atoms with Gasteiger partial charge < -0.3 is 0 Å². The Morgan fingerprint density at radius 1 is 0.526 bits per heavy atom. The molecule has 0 unspecified atom stereocenters. The summed E-state index contributed by atoms with van der Waals surface area (Å²) in [7, 11) is -5.82. The van der Waals surface area contributed by atoms with E-state index in [9.17, 15) is 14.7 Å². The molecule has 0 saturated carbocycles. The molecule has 0 aliphatic heterocycles. The Balaban J connectivity index is 1.87. The van der Waals surface area contributed by atoms with Crippen LogP contribution in [0, 0.1) is 27.7 Å². The van der Waals surface area contributed by atoms with Crippen LogP contribution >= 0.6 is 7.28 Å². The molecule has 0 spiro atoms. The molecule has 6 heteroatoms. The molecule has 0 aromatic heterocycles. The van der Waals surface area contributed by atoms with Gasteiger partial charge in [0, 0.05) is 0 Å². The summed E-state index contributed by atoms with van der Waals surface area (Å²) in [4.78, 5) is 38.9. The Kier molecular flexibility index (Phi) is 12.1. The normalized spacial score (nSPS) is 13.7. The van der Waals surface area contributed by atoms with E-state index in [0.717, 1.165) is 65.8 Å². The SMILES string of the molecule is Cc1cc(C)c(OCc2ccccc2)c([Se]c2cc(C)cc(C)c2-c2c(C(C)(C)C)ccc(P(O)(O)(O)c3ccc(C(C)(C)C)cc3C(C)(C)C)c2C(C)(C)C)c1. The first kappa shape index (κ1) is 44.8. The Labute approximate surface area is 350 Å². The zero-order chi connectivity index (χ0) is 42.7. The van der Waals surface area contributed by atoms with Crippen LogP contribution in [0.1, 0.15) is 133 Å². The predicted molar refractivity (Wildman–Crippen MR) is 247 cm³/mol. The summed E-state index contributed by atoms with van der Waals surface area (Å²) in [6.07, 6.45) is 0. The Morgan fingerprint density at radius 3 is 1.61 bits per heavy atom. The van der Waals surface area contributed by atoms with Crippen molar-refractivity contribution in [1.82, 2.24) is 0 Å². The first-order chi connectivity index (χ1) is 26.0. The van der Waals surface area contributed by atoms with Crippen LogP contribution in [-0.4, -0.2) is 29.6 Å². The van der Waals surface area contributed by atoms with Crippen molar-refractivity contribution in [1.29, 1.82) is 0 Å². The average molecular weight is 854 g/mol. The molecule has 5 aromatic rings. The quantitative estimate of drug-likeness (QED) is 0.107. The van der Waals surface area contributed by atoms with Crippen LogP contribution in [0.15, 0.2) is 84.9 Å². The fourth-order valence-corrected chi connectivity index (χ4v) is 13.6. The standard InChI is InChI=1S/C51H67O4PSe/c1-32-26-34(3)44(42(28-32)57-43-29-33(2)27-35(4)47(43)55-31-36-20-18-17-19-21-36)45-38(49(8,9)10)23-25-41(46(45)51(14,15)16)56(52,53,54)40-24-22-37(48(5,6)7)30-39(40)50(11,12)13/h17-30,52-54H,31H2,1-16H3. The molecular weight excluding hydrogens is 786 g/mol. The molecule has 3 N–H and O–H groups in total. The number of rotatable bonds is 8. The van der Waals surface area contributed by atoms with Crippen molar-refractivity contribution >= 4 is 41.8 Å². The molecule has 0 fully saturated rings. The van der Waals surface area contributed by atoms with Gasteiger partial charge in [0.2, 0.25) is 0 Å². The summed E-state index contributed by atoms with van der Waals surface area (Å²) < 4.78 is 9.00. The number of hydrogen-bond donors (Lipinski definition) is 3. The zero-order valence-electron chi connectivity index (χ0n) is 37.4. The van der Waals surface area contributed by atoms with E-state index in [1.807, 2.05) is 30.3 Å². The van der Waals surface area contributed by atoms with Crippen LogP contribution in [-0.2, 0) is 28.3 Å². The number of aryl methyl sites for hydroxylation is 4. The van der Waals surface area contributed by atoms with E-state index in [1.54, 1.807) is 12.1 Å². The molecule has 57 heavy (non-hydrogen) atoms. The second-order valence-electron chi connectivity index (χ2n) is 20.3. The second kappa shape index (κ2) is 15.4. The molecule has 0 heterocycles. The molecule has 0 aliphatic carbocycles. The Morgan fingerprint density at radius 2 is 1.07 bits per heavy atom. The van der Waals surface area contributed by atoms with Gasteiger partial charge in [-0.3, -0.25) is 0 Å². The van der Waals surface area contributed by atoms with E-state index in [1.165, 1.54) is 10.0 Å². The van der Waals surface area contributed by atoms with Crippen molar-refractivity contribution in [2.24, 2.45) is 0 Å². The Hall–Kier alpha value is -3.27. The summed E-state index contributed by atoms with van der Waals surface area (Å²) >= 11 is -0.208. The molecule has 0 saturated heterocycles. The predicted octanol–water partition coefficient (Wildman–Crippen LogP) is 10.2. The van der Waals surface area contributed by atoms with Gasteiger partial charge in [0.25, 0.3) is 0 Å². The molecular formula is C51H67O4PSe. The first-order valence-corrected chi connectivity index (χ1v) is 24.0. The monoisotopic (exact) mass is 854 g/mol. The Bertz CT molecular complexity index is 2290. The fraction of sp³-hybridized carbons (Fsp3) is 0.412. The van der Waals surface area contributed by atoms with Crippen LogP contribution in [0.3, 0.4) is 0 Å². The average Bonchev–Trinajstić information content (AvgIpc) is 3.05. The molecule has 306 valence electrons. The van der Waals surface area contributed by atoms with E-state index in [0.29, 0.717) is 6.61 Å². The molecule has 4 nitrogen and oxygen atoms in total. The molecule has 0 atom stereocenters. The van der Waals surface area contributed by atoms with Gasteiger partial charge in [-0.25, -0.2) is 0 Å². The molecule has 0 radical (unpaired) electrons. The molecule has 5 rings (SSSR count). The fourth-order valence-electron chi connectivity index (χ4n) is 8.02. The van der Waals surface area contributed by atoms with Gasteiger partial charge in [-0.1, -0.05) is 0 Å². The van der Waals surface area contributed by atoms with Gasteiger partial charge in [-0.2, -0.15) is 0 Å². The van der Waals surface area contributed by atoms with Crippen molar-refractivity contribution < 1.29 is 19.4 Å².